The summed E-state index contributed by atoms with van der Waals surface area (Å²) in [5.74, 6) is 1.46. The van der Waals surface area contributed by atoms with Crippen LogP contribution in [0.4, 0.5) is 0 Å². The number of rotatable bonds is 7. The lowest BCUT2D eigenvalue weighted by Crippen LogP contribution is -2.56. The van der Waals surface area contributed by atoms with Crippen molar-refractivity contribution in [3.05, 3.63) is 62.9 Å². The quantitative estimate of drug-likeness (QED) is 0.434. The summed E-state index contributed by atoms with van der Waals surface area (Å²) in [5, 5.41) is 0.658. The van der Waals surface area contributed by atoms with Crippen LogP contribution in [0.5, 0.6) is 0 Å². The summed E-state index contributed by atoms with van der Waals surface area (Å²) in [7, 11) is -1.93. The van der Waals surface area contributed by atoms with E-state index in [1.165, 1.54) is 0 Å². The third-order valence-corrected chi connectivity index (χ3v) is 14.4. The summed E-state index contributed by atoms with van der Waals surface area (Å²) in [4.78, 5) is 27.7. The maximum absolute atomic E-state index is 12.9. The molecule has 0 saturated heterocycles. The van der Waals surface area contributed by atoms with E-state index < -0.39 is 8.07 Å². The molecule has 0 saturated carbocycles. The van der Waals surface area contributed by atoms with Gasteiger partial charge >= 0.3 is 0 Å². The van der Waals surface area contributed by atoms with Gasteiger partial charge in [0.1, 0.15) is 11.6 Å². The number of aromatic amines is 1. The highest BCUT2D eigenvalue weighted by molar-refractivity contribution is 6.93. The van der Waals surface area contributed by atoms with Crippen LogP contribution in [0.3, 0.4) is 0 Å². The molecule has 1 aliphatic rings. The molecular weight excluding hydrogens is 464 g/mol. The number of hydrogen-bond acceptors (Lipinski definition) is 5. The molecule has 0 atom stereocenters. The minimum absolute atomic E-state index is 0.0799. The fourth-order valence-corrected chi connectivity index (χ4v) is 12.1. The summed E-state index contributed by atoms with van der Waals surface area (Å²) < 4.78 is 6.44. The summed E-state index contributed by atoms with van der Waals surface area (Å²) in [6.07, 6.45) is 2.62. The number of aromatic nitrogens is 3. The maximum Gasteiger partial charge on any atom is 0.255 e. The predicted octanol–water partition coefficient (Wildman–Crippen LogP) is 5.52. The molecule has 0 spiro atoms. The van der Waals surface area contributed by atoms with Crippen LogP contribution in [0, 0.1) is 0 Å². The molecule has 0 bridgehead atoms. The zero-order valence-electron chi connectivity index (χ0n) is 21.0. The molecule has 3 aromatic rings. The highest BCUT2D eigenvalue weighted by Crippen LogP contribution is 2.40. The van der Waals surface area contributed by atoms with Gasteiger partial charge in [-0.05, 0) is 40.9 Å². The first-order valence-electron chi connectivity index (χ1n) is 12.2. The maximum atomic E-state index is 12.9. The molecule has 182 valence electrons. The smallest absolute Gasteiger partial charge is 0.255 e. The van der Waals surface area contributed by atoms with Crippen molar-refractivity contribution in [3.63, 3.8) is 0 Å². The fourth-order valence-electron chi connectivity index (χ4n) is 5.90. The van der Waals surface area contributed by atoms with Crippen LogP contribution in [0.2, 0.25) is 21.6 Å². The van der Waals surface area contributed by atoms with Crippen LogP contribution in [-0.4, -0.2) is 34.5 Å². The number of halogens is 1. The predicted molar refractivity (Wildman–Crippen MR) is 140 cm³/mol. The standard InChI is InChI=1S/C26H35ClN4O2Si/c1-16(2)34(17(3)4,18(5)6)26-28-13-21(33-26)14-31-12-11-23-22(15-31)25(32)30-24(29-23)19-7-9-20(27)10-8-19/h7-10,13,16-18H,11-12,14-15H2,1-6H3,(H,29,30,32). The van der Waals surface area contributed by atoms with Crippen LogP contribution in [0.25, 0.3) is 11.4 Å². The molecular formula is C26H35ClN4O2Si. The lowest BCUT2D eigenvalue weighted by Gasteiger charge is -2.39. The average molecular weight is 499 g/mol. The Bertz CT molecular complexity index is 1180. The summed E-state index contributed by atoms with van der Waals surface area (Å²) in [6, 6.07) is 7.36. The molecule has 6 nitrogen and oxygen atoms in total. The van der Waals surface area contributed by atoms with E-state index >= 15 is 0 Å². The Balaban J connectivity index is 1.54. The minimum Gasteiger partial charge on any atom is -0.449 e. The van der Waals surface area contributed by atoms with Crippen LogP contribution < -0.4 is 11.1 Å². The molecule has 0 unspecified atom stereocenters. The molecule has 1 N–H and O–H groups in total. The highest BCUT2D eigenvalue weighted by Gasteiger charge is 2.49. The Morgan fingerprint density at radius 3 is 2.35 bits per heavy atom. The van der Waals surface area contributed by atoms with E-state index in [4.69, 9.17) is 26.0 Å². The Labute approximate surface area is 207 Å². The molecule has 3 heterocycles. The van der Waals surface area contributed by atoms with Gasteiger partial charge in [0.25, 0.3) is 5.56 Å². The van der Waals surface area contributed by atoms with Crippen molar-refractivity contribution >= 4 is 25.2 Å². The number of H-pyrrole nitrogens is 1. The second kappa shape index (κ2) is 9.80. The molecule has 1 aromatic carbocycles. The second-order valence-corrected chi connectivity index (χ2v) is 16.5. The molecule has 0 aliphatic carbocycles. The first-order chi connectivity index (χ1) is 16.1. The van der Waals surface area contributed by atoms with E-state index in [1.54, 1.807) is 12.1 Å². The number of hydrogen-bond donors (Lipinski definition) is 1. The van der Waals surface area contributed by atoms with E-state index in [0.717, 1.165) is 41.1 Å². The van der Waals surface area contributed by atoms with E-state index in [0.29, 0.717) is 40.6 Å². The first kappa shape index (κ1) is 24.9. The average Bonchev–Trinajstić information content (AvgIpc) is 3.22. The number of fused-ring (bicyclic) bond motifs is 1. The van der Waals surface area contributed by atoms with E-state index in [2.05, 4.69) is 51.4 Å². The van der Waals surface area contributed by atoms with Gasteiger partial charge in [-0.2, -0.15) is 0 Å². The van der Waals surface area contributed by atoms with Gasteiger partial charge < -0.3 is 9.40 Å². The van der Waals surface area contributed by atoms with Gasteiger partial charge in [0.05, 0.1) is 24.0 Å². The molecule has 34 heavy (non-hydrogen) atoms. The van der Waals surface area contributed by atoms with Gasteiger partial charge in [0.2, 0.25) is 0 Å². The van der Waals surface area contributed by atoms with Crippen molar-refractivity contribution in [1.29, 1.82) is 0 Å². The van der Waals surface area contributed by atoms with Gasteiger partial charge in [-0.3, -0.25) is 9.69 Å². The topological polar surface area (TPSA) is 75.0 Å². The fraction of sp³-hybridized carbons (Fsp3) is 0.500. The number of nitrogens with one attached hydrogen (secondary N) is 1. The van der Waals surface area contributed by atoms with Gasteiger partial charge in [0, 0.05) is 30.1 Å². The SMILES string of the molecule is CC(C)[Si](c1ncc(CN2CCc3nc(-c4ccc(Cl)cc4)[nH]c(=O)c3C2)o1)(C(C)C)C(C)C. The number of benzene rings is 1. The summed E-state index contributed by atoms with van der Waals surface area (Å²) in [6.45, 7) is 15.9. The molecule has 4 rings (SSSR count). The van der Waals surface area contributed by atoms with Crippen molar-refractivity contribution in [2.75, 3.05) is 6.54 Å². The van der Waals surface area contributed by atoms with Crippen LogP contribution in [-0.2, 0) is 19.5 Å². The first-order valence-corrected chi connectivity index (χ1v) is 14.8. The van der Waals surface area contributed by atoms with Crippen molar-refractivity contribution in [2.24, 2.45) is 0 Å². The van der Waals surface area contributed by atoms with Crippen LogP contribution in [0.15, 0.2) is 39.7 Å². The van der Waals surface area contributed by atoms with Gasteiger partial charge in [-0.25, -0.2) is 9.97 Å². The van der Waals surface area contributed by atoms with Gasteiger partial charge in [0.15, 0.2) is 13.6 Å². The van der Waals surface area contributed by atoms with Crippen molar-refractivity contribution in [3.8, 4) is 11.4 Å². The van der Waals surface area contributed by atoms with Crippen molar-refractivity contribution in [1.82, 2.24) is 19.9 Å². The molecule has 0 fully saturated rings. The highest BCUT2D eigenvalue weighted by atomic mass is 35.5. The molecule has 2 aromatic heterocycles. The largest absolute Gasteiger partial charge is 0.449 e. The zero-order valence-corrected chi connectivity index (χ0v) is 22.7. The monoisotopic (exact) mass is 498 g/mol. The zero-order chi connectivity index (χ0) is 24.6. The van der Waals surface area contributed by atoms with Crippen LogP contribution >= 0.6 is 11.6 Å². The number of oxazole rings is 1. The third kappa shape index (κ3) is 4.53. The molecule has 0 amide bonds. The van der Waals surface area contributed by atoms with E-state index in [9.17, 15) is 4.79 Å². The van der Waals surface area contributed by atoms with Gasteiger partial charge in [-0.15, -0.1) is 0 Å². The minimum atomic E-state index is -1.93. The van der Waals surface area contributed by atoms with Crippen LogP contribution in [0.1, 0.15) is 58.6 Å². The Morgan fingerprint density at radius 2 is 1.74 bits per heavy atom. The normalized spacial score (nSPS) is 14.9. The van der Waals surface area contributed by atoms with E-state index in [1.807, 2.05) is 18.3 Å². The Kier molecular flexibility index (Phi) is 7.17. The lowest BCUT2D eigenvalue weighted by molar-refractivity contribution is 0.224. The van der Waals surface area contributed by atoms with Gasteiger partial charge in [-0.1, -0.05) is 53.1 Å². The van der Waals surface area contributed by atoms with Crippen molar-refractivity contribution < 1.29 is 4.42 Å². The lowest BCUT2D eigenvalue weighted by atomic mass is 10.1. The van der Waals surface area contributed by atoms with Crippen molar-refractivity contribution in [2.45, 2.75) is 77.7 Å². The van der Waals surface area contributed by atoms with E-state index in [-0.39, 0.29) is 5.56 Å². The Morgan fingerprint density at radius 1 is 1.09 bits per heavy atom. The third-order valence-electron chi connectivity index (χ3n) is 7.43. The summed E-state index contributed by atoms with van der Waals surface area (Å²) in [5.41, 5.74) is 4.97. The second-order valence-electron chi connectivity index (χ2n) is 10.3. The Hall–Kier alpha value is -2.22. The number of nitrogens with zero attached hydrogens (tertiary/aromatic N) is 3. The molecule has 0 radical (unpaired) electrons. The summed E-state index contributed by atoms with van der Waals surface area (Å²) >= 11 is 5.99. The molecule has 1 aliphatic heterocycles. The molecule has 8 heteroatoms.